The Labute approximate surface area is 180 Å². The maximum absolute atomic E-state index is 12.1. The van der Waals surface area contributed by atoms with Crippen LogP contribution in [0, 0.1) is 11.8 Å². The topological polar surface area (TPSA) is 56.7 Å². The molecule has 1 aromatic rings. The molecule has 2 atom stereocenters. The van der Waals surface area contributed by atoms with E-state index in [1.54, 1.807) is 0 Å². The van der Waals surface area contributed by atoms with Crippen LogP contribution in [0.1, 0.15) is 38.2 Å². The van der Waals surface area contributed by atoms with E-state index in [4.69, 9.17) is 0 Å². The highest BCUT2D eigenvalue weighted by atomic mass is 127. The highest BCUT2D eigenvalue weighted by Crippen LogP contribution is 2.35. The summed E-state index contributed by atoms with van der Waals surface area (Å²) in [5.74, 6) is 2.52. The summed E-state index contributed by atoms with van der Waals surface area (Å²) >= 11 is 0. The first-order valence-corrected chi connectivity index (χ1v) is 10.1. The summed E-state index contributed by atoms with van der Waals surface area (Å²) < 4.78 is 0. The van der Waals surface area contributed by atoms with Gasteiger partial charge in [0.2, 0.25) is 5.91 Å². The monoisotopic (exact) mass is 484 g/mol. The van der Waals surface area contributed by atoms with Gasteiger partial charge in [0.25, 0.3) is 0 Å². The summed E-state index contributed by atoms with van der Waals surface area (Å²) in [6.07, 6.45) is 6.28. The first-order valence-electron chi connectivity index (χ1n) is 10.1. The zero-order chi connectivity index (χ0) is 18.2. The summed E-state index contributed by atoms with van der Waals surface area (Å²) in [4.78, 5) is 19.1. The van der Waals surface area contributed by atoms with Crippen LogP contribution in [0.5, 0.6) is 0 Å². The standard InChI is InChI=1S/C21H32N4O.HI/c1-2-22-21(25-15-18-10-6-7-11-19(18)16-25)24-14-20(26)23-13-12-17-8-4-3-5-9-17;/h3-5,8-9,18-19H,2,6-7,10-16H2,1H3,(H,22,24)(H,23,26);1H. The average Bonchev–Trinajstić information content (AvgIpc) is 3.10. The number of amides is 1. The highest BCUT2D eigenvalue weighted by Gasteiger charge is 2.35. The summed E-state index contributed by atoms with van der Waals surface area (Å²) in [6, 6.07) is 10.2. The molecule has 1 aliphatic heterocycles. The number of benzene rings is 1. The van der Waals surface area contributed by atoms with E-state index in [1.165, 1.54) is 31.2 Å². The van der Waals surface area contributed by atoms with Gasteiger partial charge in [0, 0.05) is 26.2 Å². The molecule has 2 fully saturated rings. The van der Waals surface area contributed by atoms with Crippen LogP contribution in [0.3, 0.4) is 0 Å². The lowest BCUT2D eigenvalue weighted by Crippen LogP contribution is -2.41. The Balaban J connectivity index is 0.00000261. The SMILES string of the molecule is CCNC(=NCC(=O)NCCc1ccccc1)N1CC2CCCCC2C1.I. The zero-order valence-electron chi connectivity index (χ0n) is 16.3. The molecule has 2 unspecified atom stereocenters. The Kier molecular flexibility index (Phi) is 9.38. The van der Waals surface area contributed by atoms with Crippen molar-refractivity contribution in [3.8, 4) is 0 Å². The van der Waals surface area contributed by atoms with Crippen molar-refractivity contribution in [1.82, 2.24) is 15.5 Å². The molecule has 6 heteroatoms. The minimum Gasteiger partial charge on any atom is -0.357 e. The van der Waals surface area contributed by atoms with Gasteiger partial charge in [-0.1, -0.05) is 43.2 Å². The second kappa shape index (κ2) is 11.5. The minimum atomic E-state index is -0.00653. The van der Waals surface area contributed by atoms with Crippen molar-refractivity contribution in [3.63, 3.8) is 0 Å². The summed E-state index contributed by atoms with van der Waals surface area (Å²) in [6.45, 7) is 5.95. The van der Waals surface area contributed by atoms with Gasteiger partial charge in [-0.2, -0.15) is 0 Å². The molecule has 2 N–H and O–H groups in total. The number of carbonyl (C=O) groups excluding carboxylic acids is 1. The van der Waals surface area contributed by atoms with Gasteiger partial charge in [-0.25, -0.2) is 4.99 Å². The van der Waals surface area contributed by atoms with Gasteiger partial charge in [0.1, 0.15) is 6.54 Å². The van der Waals surface area contributed by atoms with Gasteiger partial charge in [0.05, 0.1) is 0 Å². The van der Waals surface area contributed by atoms with E-state index in [2.05, 4.69) is 39.6 Å². The molecule has 1 aliphatic carbocycles. The van der Waals surface area contributed by atoms with Gasteiger partial charge in [-0.3, -0.25) is 4.79 Å². The fraction of sp³-hybridized carbons (Fsp3) is 0.619. The molecule has 3 rings (SSSR count). The number of likely N-dealkylation sites (tertiary alicyclic amines) is 1. The number of hydrogen-bond acceptors (Lipinski definition) is 2. The van der Waals surface area contributed by atoms with Crippen LogP contribution in [0.25, 0.3) is 0 Å². The van der Waals surface area contributed by atoms with Crippen LogP contribution in [0.4, 0.5) is 0 Å². The minimum absolute atomic E-state index is 0. The summed E-state index contributed by atoms with van der Waals surface area (Å²) in [7, 11) is 0. The molecule has 5 nitrogen and oxygen atoms in total. The highest BCUT2D eigenvalue weighted by molar-refractivity contribution is 14.0. The second-order valence-electron chi connectivity index (χ2n) is 7.47. The molecule has 1 amide bonds. The molecule has 1 saturated carbocycles. The van der Waals surface area contributed by atoms with Crippen LogP contribution in [0.15, 0.2) is 35.3 Å². The van der Waals surface area contributed by atoms with E-state index in [9.17, 15) is 4.79 Å². The van der Waals surface area contributed by atoms with Gasteiger partial charge in [0.15, 0.2) is 5.96 Å². The van der Waals surface area contributed by atoms with Crippen molar-refractivity contribution >= 4 is 35.8 Å². The van der Waals surface area contributed by atoms with Crippen molar-refractivity contribution in [2.45, 2.75) is 39.0 Å². The molecule has 0 bridgehead atoms. The molecule has 0 spiro atoms. The van der Waals surface area contributed by atoms with Crippen molar-refractivity contribution in [1.29, 1.82) is 0 Å². The number of fused-ring (bicyclic) bond motifs is 1. The lowest BCUT2D eigenvalue weighted by molar-refractivity contribution is -0.119. The second-order valence-corrected chi connectivity index (χ2v) is 7.47. The Morgan fingerprint density at radius 2 is 1.78 bits per heavy atom. The Bertz CT molecular complexity index is 593. The van der Waals surface area contributed by atoms with E-state index >= 15 is 0 Å². The maximum Gasteiger partial charge on any atom is 0.241 e. The molecule has 0 aromatic heterocycles. The largest absolute Gasteiger partial charge is 0.357 e. The van der Waals surface area contributed by atoms with Crippen LogP contribution >= 0.6 is 24.0 Å². The van der Waals surface area contributed by atoms with Crippen molar-refractivity contribution in [2.24, 2.45) is 16.8 Å². The first kappa shape index (κ1) is 22.0. The van der Waals surface area contributed by atoms with E-state index in [-0.39, 0.29) is 36.4 Å². The van der Waals surface area contributed by atoms with Crippen molar-refractivity contribution in [3.05, 3.63) is 35.9 Å². The lowest BCUT2D eigenvalue weighted by atomic mass is 9.82. The van der Waals surface area contributed by atoms with Crippen LogP contribution in [0.2, 0.25) is 0 Å². The Hall–Kier alpha value is -1.31. The molecular formula is C21H33IN4O. The normalized spacial score (nSPS) is 22.0. The van der Waals surface area contributed by atoms with Crippen LogP contribution in [-0.4, -0.2) is 49.5 Å². The van der Waals surface area contributed by atoms with Gasteiger partial charge in [-0.15, -0.1) is 24.0 Å². The third-order valence-electron chi connectivity index (χ3n) is 5.56. The number of nitrogens with zero attached hydrogens (tertiary/aromatic N) is 2. The van der Waals surface area contributed by atoms with Crippen LogP contribution < -0.4 is 10.6 Å². The van der Waals surface area contributed by atoms with Crippen LogP contribution in [-0.2, 0) is 11.2 Å². The first-order chi connectivity index (χ1) is 12.8. The molecular weight excluding hydrogens is 451 g/mol. The molecule has 0 radical (unpaired) electrons. The zero-order valence-corrected chi connectivity index (χ0v) is 18.7. The van der Waals surface area contributed by atoms with Gasteiger partial charge in [-0.05, 0) is 43.6 Å². The number of aliphatic imine (C=N–C) groups is 1. The molecule has 1 aromatic carbocycles. The van der Waals surface area contributed by atoms with E-state index in [0.29, 0.717) is 6.54 Å². The van der Waals surface area contributed by atoms with Crippen molar-refractivity contribution < 1.29 is 4.79 Å². The molecule has 2 aliphatic rings. The lowest BCUT2D eigenvalue weighted by Gasteiger charge is -2.22. The quantitative estimate of drug-likeness (QED) is 0.371. The number of hydrogen-bond donors (Lipinski definition) is 2. The predicted molar refractivity (Wildman–Crippen MR) is 122 cm³/mol. The molecule has 27 heavy (non-hydrogen) atoms. The number of guanidine groups is 1. The smallest absolute Gasteiger partial charge is 0.241 e. The Morgan fingerprint density at radius 3 is 2.41 bits per heavy atom. The Morgan fingerprint density at radius 1 is 1.11 bits per heavy atom. The van der Waals surface area contributed by atoms with Gasteiger partial charge < -0.3 is 15.5 Å². The molecule has 150 valence electrons. The van der Waals surface area contributed by atoms with Crippen molar-refractivity contribution in [2.75, 3.05) is 32.7 Å². The van der Waals surface area contributed by atoms with Gasteiger partial charge >= 0.3 is 0 Å². The predicted octanol–water partition coefficient (Wildman–Crippen LogP) is 3.05. The average molecular weight is 484 g/mol. The van der Waals surface area contributed by atoms with E-state index in [0.717, 1.165) is 43.9 Å². The fourth-order valence-corrected chi connectivity index (χ4v) is 4.20. The fourth-order valence-electron chi connectivity index (χ4n) is 4.20. The number of rotatable bonds is 6. The summed E-state index contributed by atoms with van der Waals surface area (Å²) in [5.41, 5.74) is 1.24. The number of carbonyl (C=O) groups is 1. The third kappa shape index (κ3) is 6.66. The maximum atomic E-state index is 12.1. The van der Waals surface area contributed by atoms with E-state index in [1.807, 2.05) is 18.2 Å². The number of halogens is 1. The molecule has 1 saturated heterocycles. The summed E-state index contributed by atoms with van der Waals surface area (Å²) in [5, 5.41) is 6.34. The third-order valence-corrected chi connectivity index (χ3v) is 5.56. The molecule has 1 heterocycles. The van der Waals surface area contributed by atoms with E-state index < -0.39 is 0 Å². The number of nitrogens with one attached hydrogen (secondary N) is 2.